The molecule has 1 aliphatic rings. The fourth-order valence-electron chi connectivity index (χ4n) is 2.07. The van der Waals surface area contributed by atoms with Crippen LogP contribution in [0.2, 0.25) is 0 Å². The highest BCUT2D eigenvalue weighted by Gasteiger charge is 2.30. The van der Waals surface area contributed by atoms with E-state index >= 15 is 0 Å². The van der Waals surface area contributed by atoms with Crippen molar-refractivity contribution in [3.8, 4) is 5.88 Å². The van der Waals surface area contributed by atoms with E-state index in [-0.39, 0.29) is 18.3 Å². The van der Waals surface area contributed by atoms with E-state index in [0.717, 1.165) is 0 Å². The van der Waals surface area contributed by atoms with Crippen molar-refractivity contribution >= 4 is 17.6 Å². The van der Waals surface area contributed by atoms with E-state index in [1.165, 1.54) is 23.2 Å². The minimum atomic E-state index is -4.44. The fraction of sp³-hybridized carbons (Fsp3) is 0.462. The Morgan fingerprint density at radius 1 is 1.43 bits per heavy atom. The molecule has 7 nitrogen and oxygen atoms in total. The molecule has 10 heteroatoms. The molecule has 1 fully saturated rings. The summed E-state index contributed by atoms with van der Waals surface area (Å²) >= 11 is 0. The smallest absolute Gasteiger partial charge is 0.422 e. The highest BCUT2D eigenvalue weighted by molar-refractivity contribution is 5.90. The molecular formula is C13H15F3N4O3. The minimum absolute atomic E-state index is 0.199. The van der Waals surface area contributed by atoms with Gasteiger partial charge in [0.1, 0.15) is 0 Å². The molecular weight excluding hydrogens is 317 g/mol. The SMILES string of the molecule is NC(=O)[C@@H]1CCN(C(=O)Nc2ccc(OCC(F)(F)F)nc2)C1. The van der Waals surface area contributed by atoms with Crippen LogP contribution in [0.25, 0.3) is 0 Å². The van der Waals surface area contributed by atoms with Crippen LogP contribution in [0.1, 0.15) is 6.42 Å². The Morgan fingerprint density at radius 2 is 2.17 bits per heavy atom. The monoisotopic (exact) mass is 332 g/mol. The predicted molar refractivity (Wildman–Crippen MR) is 73.7 cm³/mol. The molecule has 23 heavy (non-hydrogen) atoms. The molecule has 1 aromatic heterocycles. The summed E-state index contributed by atoms with van der Waals surface area (Å²) in [6.07, 6.45) is -2.75. The lowest BCUT2D eigenvalue weighted by atomic mass is 10.1. The van der Waals surface area contributed by atoms with E-state index in [1.54, 1.807) is 0 Å². The number of hydrogen-bond donors (Lipinski definition) is 2. The summed E-state index contributed by atoms with van der Waals surface area (Å²) in [5, 5.41) is 2.54. The van der Waals surface area contributed by atoms with Gasteiger partial charge in [-0.15, -0.1) is 0 Å². The molecule has 0 saturated carbocycles. The number of nitrogens with two attached hydrogens (primary N) is 1. The lowest BCUT2D eigenvalue weighted by Gasteiger charge is -2.16. The predicted octanol–water partition coefficient (Wildman–Crippen LogP) is 1.36. The number of nitrogens with one attached hydrogen (secondary N) is 1. The van der Waals surface area contributed by atoms with Crippen LogP contribution in [0.5, 0.6) is 5.88 Å². The number of primary amides is 1. The lowest BCUT2D eigenvalue weighted by molar-refractivity contribution is -0.154. The molecule has 1 saturated heterocycles. The Bertz CT molecular complexity index is 577. The van der Waals surface area contributed by atoms with E-state index < -0.39 is 24.7 Å². The summed E-state index contributed by atoms with van der Waals surface area (Å²) in [6.45, 7) is -0.797. The zero-order valence-electron chi connectivity index (χ0n) is 12.0. The first-order valence-electron chi connectivity index (χ1n) is 6.75. The van der Waals surface area contributed by atoms with E-state index in [0.29, 0.717) is 18.7 Å². The number of rotatable bonds is 4. The number of amides is 3. The van der Waals surface area contributed by atoms with E-state index in [4.69, 9.17) is 5.73 Å². The number of carbonyl (C=O) groups excluding carboxylic acids is 2. The molecule has 2 heterocycles. The van der Waals surface area contributed by atoms with Crippen molar-refractivity contribution in [1.82, 2.24) is 9.88 Å². The van der Waals surface area contributed by atoms with Gasteiger partial charge < -0.3 is 20.7 Å². The van der Waals surface area contributed by atoms with Gasteiger partial charge in [0.2, 0.25) is 11.8 Å². The molecule has 0 spiro atoms. The van der Waals surface area contributed by atoms with Gasteiger partial charge in [0, 0.05) is 19.2 Å². The summed E-state index contributed by atoms with van der Waals surface area (Å²) in [5.74, 6) is -1.01. The Kier molecular flexibility index (Phi) is 4.92. The summed E-state index contributed by atoms with van der Waals surface area (Å²) in [7, 11) is 0. The van der Waals surface area contributed by atoms with Crippen LogP contribution in [0.15, 0.2) is 18.3 Å². The van der Waals surface area contributed by atoms with Crippen LogP contribution in [-0.4, -0.2) is 47.7 Å². The molecule has 3 N–H and O–H groups in total. The number of aromatic nitrogens is 1. The lowest BCUT2D eigenvalue weighted by Crippen LogP contribution is -2.34. The number of likely N-dealkylation sites (tertiary alicyclic amines) is 1. The zero-order chi connectivity index (χ0) is 17.0. The van der Waals surface area contributed by atoms with Gasteiger partial charge in [-0.25, -0.2) is 9.78 Å². The molecule has 3 amide bonds. The van der Waals surface area contributed by atoms with E-state index in [2.05, 4.69) is 15.0 Å². The summed E-state index contributed by atoms with van der Waals surface area (Å²) in [4.78, 5) is 28.1. The summed E-state index contributed by atoms with van der Waals surface area (Å²) in [5.41, 5.74) is 5.49. The Labute approximate surface area is 129 Å². The minimum Gasteiger partial charge on any atom is -0.468 e. The third-order valence-corrected chi connectivity index (χ3v) is 3.25. The average molecular weight is 332 g/mol. The van der Waals surface area contributed by atoms with Crippen molar-refractivity contribution in [2.24, 2.45) is 11.7 Å². The van der Waals surface area contributed by atoms with Crippen LogP contribution in [0, 0.1) is 5.92 Å². The fourth-order valence-corrected chi connectivity index (χ4v) is 2.07. The van der Waals surface area contributed by atoms with E-state index in [1.807, 2.05) is 0 Å². The molecule has 0 aromatic carbocycles. The normalized spacial score (nSPS) is 17.9. The number of hydrogen-bond acceptors (Lipinski definition) is 4. The van der Waals surface area contributed by atoms with E-state index in [9.17, 15) is 22.8 Å². The first kappa shape index (κ1) is 16.8. The van der Waals surface area contributed by atoms with Gasteiger partial charge in [0.05, 0.1) is 17.8 Å². The first-order chi connectivity index (χ1) is 10.7. The number of carbonyl (C=O) groups is 2. The Morgan fingerprint density at radius 3 is 2.70 bits per heavy atom. The van der Waals surface area contributed by atoms with Gasteiger partial charge in [0.15, 0.2) is 6.61 Å². The van der Waals surface area contributed by atoms with Crippen LogP contribution >= 0.6 is 0 Å². The largest absolute Gasteiger partial charge is 0.468 e. The third kappa shape index (κ3) is 5.01. The first-order valence-corrected chi connectivity index (χ1v) is 6.75. The summed E-state index contributed by atoms with van der Waals surface area (Å²) in [6, 6.07) is 2.16. The average Bonchev–Trinajstić information content (AvgIpc) is 2.96. The van der Waals surface area contributed by atoms with Gasteiger partial charge in [-0.2, -0.15) is 13.2 Å². The Hall–Kier alpha value is -2.52. The van der Waals surface area contributed by atoms with Gasteiger partial charge in [-0.3, -0.25) is 4.79 Å². The molecule has 1 atom stereocenters. The number of ether oxygens (including phenoxy) is 1. The molecule has 126 valence electrons. The van der Waals surface area contributed by atoms with Gasteiger partial charge in [0.25, 0.3) is 0 Å². The third-order valence-electron chi connectivity index (χ3n) is 3.25. The quantitative estimate of drug-likeness (QED) is 0.870. The van der Waals surface area contributed by atoms with Crippen LogP contribution in [0.3, 0.4) is 0 Å². The van der Waals surface area contributed by atoms with Crippen molar-refractivity contribution in [2.75, 3.05) is 25.0 Å². The summed E-state index contributed by atoms with van der Waals surface area (Å²) < 4.78 is 40.5. The van der Waals surface area contributed by atoms with Crippen LogP contribution in [-0.2, 0) is 4.79 Å². The Balaban J connectivity index is 1.86. The standard InChI is InChI=1S/C13H15F3N4O3/c14-13(15,16)7-23-10-2-1-9(5-18-10)19-12(22)20-4-3-8(6-20)11(17)21/h1-2,5,8H,3-4,6-7H2,(H2,17,21)(H,19,22)/t8-/m1/s1. The number of pyridine rings is 1. The molecule has 2 rings (SSSR count). The van der Waals surface area contributed by atoms with Gasteiger partial charge in [-0.05, 0) is 12.5 Å². The second-order valence-corrected chi connectivity index (χ2v) is 5.05. The maximum atomic E-state index is 12.0. The molecule has 0 unspecified atom stereocenters. The van der Waals surface area contributed by atoms with Crippen molar-refractivity contribution < 1.29 is 27.5 Å². The molecule has 1 aromatic rings. The van der Waals surface area contributed by atoms with Crippen molar-refractivity contribution in [2.45, 2.75) is 12.6 Å². The van der Waals surface area contributed by atoms with Crippen LogP contribution < -0.4 is 15.8 Å². The topological polar surface area (TPSA) is 97.6 Å². The van der Waals surface area contributed by atoms with Crippen molar-refractivity contribution in [3.63, 3.8) is 0 Å². The maximum Gasteiger partial charge on any atom is 0.422 e. The number of halogens is 3. The number of alkyl halides is 3. The molecule has 0 radical (unpaired) electrons. The van der Waals surface area contributed by atoms with Gasteiger partial charge >= 0.3 is 12.2 Å². The molecule has 0 aliphatic carbocycles. The number of urea groups is 1. The highest BCUT2D eigenvalue weighted by Crippen LogP contribution is 2.19. The number of anilines is 1. The van der Waals surface area contributed by atoms with Gasteiger partial charge in [-0.1, -0.05) is 0 Å². The molecule has 1 aliphatic heterocycles. The maximum absolute atomic E-state index is 12.0. The zero-order valence-corrected chi connectivity index (χ0v) is 12.0. The van der Waals surface area contributed by atoms with Crippen molar-refractivity contribution in [1.29, 1.82) is 0 Å². The van der Waals surface area contributed by atoms with Crippen molar-refractivity contribution in [3.05, 3.63) is 18.3 Å². The molecule has 0 bridgehead atoms. The second-order valence-electron chi connectivity index (χ2n) is 5.05. The number of nitrogens with zero attached hydrogens (tertiary/aromatic N) is 2. The van der Waals surface area contributed by atoms with Crippen LogP contribution in [0.4, 0.5) is 23.7 Å². The highest BCUT2D eigenvalue weighted by atomic mass is 19.4. The second kappa shape index (κ2) is 6.71.